The lowest BCUT2D eigenvalue weighted by Crippen LogP contribution is -2.44. The van der Waals surface area contributed by atoms with Gasteiger partial charge >= 0.3 is 6.03 Å². The van der Waals surface area contributed by atoms with Crippen molar-refractivity contribution in [1.29, 1.82) is 0 Å². The van der Waals surface area contributed by atoms with E-state index in [2.05, 4.69) is 60.4 Å². The highest BCUT2D eigenvalue weighted by atomic mass is 16.2. The minimum Gasteiger partial charge on any atom is -0.320 e. The van der Waals surface area contributed by atoms with Gasteiger partial charge in [0.1, 0.15) is 0 Å². The zero-order chi connectivity index (χ0) is 19.2. The Balaban J connectivity index is 1.56. The number of carbonyl (C=O) groups excluding carboxylic acids is 1. The van der Waals surface area contributed by atoms with E-state index in [0.717, 1.165) is 44.8 Å². The molecule has 1 aliphatic heterocycles. The van der Waals surface area contributed by atoms with E-state index in [1.807, 2.05) is 21.8 Å². The van der Waals surface area contributed by atoms with Crippen LogP contribution in [0.4, 0.5) is 10.5 Å². The fourth-order valence-electron chi connectivity index (χ4n) is 3.63. The first kappa shape index (κ1) is 19.4. The molecule has 1 N–H and O–H groups in total. The van der Waals surface area contributed by atoms with E-state index in [9.17, 15) is 4.79 Å². The molecule has 3 rings (SSSR count). The van der Waals surface area contributed by atoms with Crippen LogP contribution in [0.1, 0.15) is 32.8 Å². The molecule has 1 aliphatic rings. The number of aromatic nitrogens is 2. The fraction of sp³-hybridized carbons (Fsp3) is 0.524. The van der Waals surface area contributed by atoms with Gasteiger partial charge in [-0.25, -0.2) is 4.79 Å². The zero-order valence-electron chi connectivity index (χ0n) is 16.6. The summed E-state index contributed by atoms with van der Waals surface area (Å²) in [4.78, 5) is 17.2. The largest absolute Gasteiger partial charge is 0.322 e. The summed E-state index contributed by atoms with van der Waals surface area (Å²) in [7, 11) is 0. The van der Waals surface area contributed by atoms with E-state index in [-0.39, 0.29) is 12.1 Å². The van der Waals surface area contributed by atoms with Gasteiger partial charge in [0.25, 0.3) is 0 Å². The molecular formula is C21H31N5O. The van der Waals surface area contributed by atoms with Gasteiger partial charge in [-0.3, -0.25) is 9.58 Å². The molecule has 1 aromatic heterocycles. The van der Waals surface area contributed by atoms with Crippen molar-refractivity contribution in [3.05, 3.63) is 48.3 Å². The Labute approximate surface area is 162 Å². The first-order valence-electron chi connectivity index (χ1n) is 9.87. The fourth-order valence-corrected chi connectivity index (χ4v) is 3.63. The van der Waals surface area contributed by atoms with Crippen molar-refractivity contribution in [2.24, 2.45) is 5.92 Å². The van der Waals surface area contributed by atoms with Crippen LogP contribution in [-0.4, -0.2) is 51.3 Å². The Morgan fingerprint density at radius 1 is 1.26 bits per heavy atom. The van der Waals surface area contributed by atoms with Crippen LogP contribution in [0.15, 0.2) is 42.7 Å². The average molecular weight is 370 g/mol. The van der Waals surface area contributed by atoms with Gasteiger partial charge in [0.2, 0.25) is 0 Å². The van der Waals surface area contributed by atoms with Gasteiger partial charge in [0.05, 0.1) is 11.9 Å². The Hall–Kier alpha value is -2.34. The maximum Gasteiger partial charge on any atom is 0.322 e. The quantitative estimate of drug-likeness (QED) is 0.875. The van der Waals surface area contributed by atoms with Gasteiger partial charge in [-0.15, -0.1) is 0 Å². The summed E-state index contributed by atoms with van der Waals surface area (Å²) >= 11 is 0. The summed E-state index contributed by atoms with van der Waals surface area (Å²) in [5.41, 5.74) is 2.08. The minimum atomic E-state index is -0.0341. The highest BCUT2D eigenvalue weighted by Crippen LogP contribution is 2.15. The lowest BCUT2D eigenvalue weighted by molar-refractivity contribution is 0.184. The number of hydrogen-bond donors (Lipinski definition) is 1. The molecule has 2 amide bonds. The number of carbonyl (C=O) groups is 1. The molecule has 6 nitrogen and oxygen atoms in total. The maximum atomic E-state index is 12.8. The predicted octanol–water partition coefficient (Wildman–Crippen LogP) is 3.67. The second kappa shape index (κ2) is 9.04. The number of urea groups is 1. The van der Waals surface area contributed by atoms with Crippen LogP contribution in [0.3, 0.4) is 0 Å². The molecule has 1 fully saturated rings. The van der Waals surface area contributed by atoms with Crippen molar-refractivity contribution in [1.82, 2.24) is 19.6 Å². The SMILES string of the molecule is CC(C)Cn1cc(NC(=O)N2CCCN(Cc3ccccc3)CC2C)cn1. The lowest BCUT2D eigenvalue weighted by atomic mass is 10.2. The van der Waals surface area contributed by atoms with Crippen LogP contribution in [0.2, 0.25) is 0 Å². The van der Waals surface area contributed by atoms with Crippen molar-refractivity contribution >= 4 is 11.7 Å². The summed E-state index contributed by atoms with van der Waals surface area (Å²) < 4.78 is 1.88. The number of hydrogen-bond acceptors (Lipinski definition) is 3. The number of anilines is 1. The van der Waals surface area contributed by atoms with Crippen molar-refractivity contribution in [3.63, 3.8) is 0 Å². The number of amides is 2. The Morgan fingerprint density at radius 3 is 2.78 bits per heavy atom. The third-order valence-corrected chi connectivity index (χ3v) is 4.87. The van der Waals surface area contributed by atoms with Crippen LogP contribution in [-0.2, 0) is 13.1 Å². The van der Waals surface area contributed by atoms with E-state index < -0.39 is 0 Å². The topological polar surface area (TPSA) is 53.4 Å². The van der Waals surface area contributed by atoms with E-state index >= 15 is 0 Å². The first-order valence-corrected chi connectivity index (χ1v) is 9.87. The van der Waals surface area contributed by atoms with Gasteiger partial charge in [0, 0.05) is 45.0 Å². The van der Waals surface area contributed by atoms with Crippen LogP contribution in [0, 0.1) is 5.92 Å². The lowest BCUT2D eigenvalue weighted by Gasteiger charge is -2.29. The normalized spacial score (nSPS) is 18.5. The molecule has 146 valence electrons. The number of rotatable bonds is 5. The predicted molar refractivity (Wildman–Crippen MR) is 109 cm³/mol. The smallest absolute Gasteiger partial charge is 0.320 e. The molecule has 27 heavy (non-hydrogen) atoms. The molecule has 1 aromatic carbocycles. The number of nitrogens with zero attached hydrogens (tertiary/aromatic N) is 4. The standard InChI is InChI=1S/C21H31N5O/c1-17(2)13-25-16-20(12-22-25)23-21(27)26-11-7-10-24(14-18(26)3)15-19-8-5-4-6-9-19/h4-6,8-9,12,16-18H,7,10-11,13-15H2,1-3H3,(H,23,27). The summed E-state index contributed by atoms with van der Waals surface area (Å²) in [6, 6.07) is 10.7. The van der Waals surface area contributed by atoms with Crippen LogP contribution in [0.5, 0.6) is 0 Å². The molecule has 0 radical (unpaired) electrons. The second-order valence-electron chi connectivity index (χ2n) is 7.89. The Bertz CT molecular complexity index is 727. The monoisotopic (exact) mass is 369 g/mol. The van der Waals surface area contributed by atoms with Crippen LogP contribution in [0.25, 0.3) is 0 Å². The summed E-state index contributed by atoms with van der Waals surface area (Å²) in [5.74, 6) is 0.523. The maximum absolute atomic E-state index is 12.8. The molecule has 0 aliphatic carbocycles. The molecule has 1 saturated heterocycles. The molecule has 2 aromatic rings. The zero-order valence-corrected chi connectivity index (χ0v) is 16.6. The molecule has 1 unspecified atom stereocenters. The van der Waals surface area contributed by atoms with Gasteiger partial charge < -0.3 is 10.2 Å². The van der Waals surface area contributed by atoms with E-state index in [1.54, 1.807) is 6.20 Å². The van der Waals surface area contributed by atoms with Crippen molar-refractivity contribution < 1.29 is 4.79 Å². The number of nitrogens with one attached hydrogen (secondary N) is 1. The summed E-state index contributed by atoms with van der Waals surface area (Å²) in [6.07, 6.45) is 4.61. The van der Waals surface area contributed by atoms with Crippen molar-refractivity contribution in [3.8, 4) is 0 Å². The molecular weight excluding hydrogens is 338 g/mol. The van der Waals surface area contributed by atoms with Crippen LogP contribution >= 0.6 is 0 Å². The minimum absolute atomic E-state index is 0.0341. The highest BCUT2D eigenvalue weighted by Gasteiger charge is 2.25. The molecule has 2 heterocycles. The molecule has 6 heteroatoms. The third kappa shape index (κ3) is 5.57. The number of benzene rings is 1. The van der Waals surface area contributed by atoms with E-state index in [0.29, 0.717) is 5.92 Å². The second-order valence-corrected chi connectivity index (χ2v) is 7.89. The van der Waals surface area contributed by atoms with Gasteiger partial charge in [0.15, 0.2) is 0 Å². The highest BCUT2D eigenvalue weighted by molar-refractivity contribution is 5.89. The Kier molecular flexibility index (Phi) is 6.50. The molecule has 0 spiro atoms. The Morgan fingerprint density at radius 2 is 2.04 bits per heavy atom. The van der Waals surface area contributed by atoms with Gasteiger partial charge in [-0.1, -0.05) is 44.2 Å². The molecule has 0 bridgehead atoms. The van der Waals surface area contributed by atoms with Crippen molar-refractivity contribution in [2.45, 2.75) is 46.3 Å². The average Bonchev–Trinajstić information content (AvgIpc) is 2.96. The van der Waals surface area contributed by atoms with Gasteiger partial charge in [-0.05, 0) is 24.8 Å². The summed E-state index contributed by atoms with van der Waals surface area (Å²) in [5, 5.41) is 7.34. The first-order chi connectivity index (χ1) is 13.0. The van der Waals surface area contributed by atoms with Crippen molar-refractivity contribution in [2.75, 3.05) is 25.0 Å². The molecule has 1 atom stereocenters. The van der Waals surface area contributed by atoms with E-state index in [1.165, 1.54) is 5.56 Å². The molecule has 0 saturated carbocycles. The summed E-state index contributed by atoms with van der Waals surface area (Å²) in [6.45, 7) is 10.9. The van der Waals surface area contributed by atoms with Gasteiger partial charge in [-0.2, -0.15) is 5.10 Å². The van der Waals surface area contributed by atoms with E-state index in [4.69, 9.17) is 0 Å². The third-order valence-electron chi connectivity index (χ3n) is 4.87. The van der Waals surface area contributed by atoms with Crippen LogP contribution < -0.4 is 5.32 Å².